The molecular weight excluding hydrogens is 284 g/mol. The number of nitrogen functional groups attached to an aromatic ring is 1. The molecule has 7 nitrogen and oxygen atoms in total. The SMILES string of the molecule is CCOC(=O)Oc1ccc(/N=N/c2ccc(C)nc2N)cc1. The van der Waals surface area contributed by atoms with Gasteiger partial charge in [-0.05, 0) is 50.2 Å². The molecule has 0 saturated heterocycles. The van der Waals surface area contributed by atoms with Crippen molar-refractivity contribution in [2.45, 2.75) is 13.8 Å². The fourth-order valence-corrected chi connectivity index (χ4v) is 1.59. The van der Waals surface area contributed by atoms with Gasteiger partial charge in [-0.1, -0.05) is 0 Å². The minimum Gasteiger partial charge on any atom is -0.434 e. The van der Waals surface area contributed by atoms with Crippen LogP contribution in [0.5, 0.6) is 5.75 Å². The first kappa shape index (κ1) is 15.4. The number of aromatic nitrogens is 1. The van der Waals surface area contributed by atoms with Crippen LogP contribution in [0.15, 0.2) is 46.6 Å². The Hall–Kier alpha value is -2.96. The van der Waals surface area contributed by atoms with Crippen LogP contribution in [0.4, 0.5) is 22.0 Å². The molecule has 7 heteroatoms. The standard InChI is InChI=1S/C15H16N4O3/c1-3-21-15(20)22-12-7-5-11(6-8-12)18-19-13-9-4-10(2)17-14(13)16/h4-9H,3H2,1-2H3,(H2,16,17)/b19-18+. The number of hydrogen-bond acceptors (Lipinski definition) is 7. The number of nitrogens with zero attached hydrogens (tertiary/aromatic N) is 3. The Morgan fingerprint density at radius 3 is 2.55 bits per heavy atom. The summed E-state index contributed by atoms with van der Waals surface area (Å²) in [4.78, 5) is 15.3. The fraction of sp³-hybridized carbons (Fsp3) is 0.200. The largest absolute Gasteiger partial charge is 0.513 e. The van der Waals surface area contributed by atoms with Crippen LogP contribution in [0.25, 0.3) is 0 Å². The maximum absolute atomic E-state index is 11.2. The van der Waals surface area contributed by atoms with Gasteiger partial charge in [-0.2, -0.15) is 5.11 Å². The van der Waals surface area contributed by atoms with Crippen molar-refractivity contribution >= 4 is 23.3 Å². The van der Waals surface area contributed by atoms with Crippen molar-refractivity contribution < 1.29 is 14.3 Å². The Morgan fingerprint density at radius 2 is 1.91 bits per heavy atom. The summed E-state index contributed by atoms with van der Waals surface area (Å²) in [6.07, 6.45) is -0.740. The molecule has 0 aliphatic rings. The zero-order chi connectivity index (χ0) is 15.9. The van der Waals surface area contributed by atoms with Gasteiger partial charge in [0.25, 0.3) is 0 Å². The molecule has 22 heavy (non-hydrogen) atoms. The number of anilines is 1. The highest BCUT2D eigenvalue weighted by atomic mass is 16.7. The molecule has 0 saturated carbocycles. The molecular formula is C15H16N4O3. The van der Waals surface area contributed by atoms with Crippen LogP contribution in [-0.2, 0) is 4.74 Å². The van der Waals surface area contributed by atoms with Crippen molar-refractivity contribution in [1.29, 1.82) is 0 Å². The molecule has 114 valence electrons. The van der Waals surface area contributed by atoms with Gasteiger partial charge in [0.2, 0.25) is 0 Å². The lowest BCUT2D eigenvalue weighted by Crippen LogP contribution is -2.09. The van der Waals surface area contributed by atoms with E-state index in [2.05, 4.69) is 19.9 Å². The molecule has 2 aromatic rings. The van der Waals surface area contributed by atoms with Crippen molar-refractivity contribution in [2.75, 3.05) is 12.3 Å². The van der Waals surface area contributed by atoms with Crippen LogP contribution in [0.2, 0.25) is 0 Å². The third kappa shape index (κ3) is 4.27. The lowest BCUT2D eigenvalue weighted by Gasteiger charge is -2.03. The lowest BCUT2D eigenvalue weighted by molar-refractivity contribution is 0.104. The number of hydrogen-bond donors (Lipinski definition) is 1. The van der Waals surface area contributed by atoms with E-state index in [9.17, 15) is 4.79 Å². The summed E-state index contributed by atoms with van der Waals surface area (Å²) in [5.74, 6) is 0.694. The predicted molar refractivity (Wildman–Crippen MR) is 81.7 cm³/mol. The van der Waals surface area contributed by atoms with E-state index in [0.717, 1.165) is 5.69 Å². The topological polar surface area (TPSA) is 99.2 Å². The Bertz CT molecular complexity index is 684. The van der Waals surface area contributed by atoms with Crippen LogP contribution in [0.1, 0.15) is 12.6 Å². The van der Waals surface area contributed by atoms with E-state index in [1.165, 1.54) is 0 Å². The number of rotatable bonds is 4. The summed E-state index contributed by atoms with van der Waals surface area (Å²) in [5.41, 5.74) is 7.66. The van der Waals surface area contributed by atoms with E-state index in [1.807, 2.05) is 6.92 Å². The second kappa shape index (κ2) is 7.16. The summed E-state index contributed by atoms with van der Waals surface area (Å²) >= 11 is 0. The highest BCUT2D eigenvalue weighted by molar-refractivity contribution is 5.64. The van der Waals surface area contributed by atoms with Crippen LogP contribution >= 0.6 is 0 Å². The Morgan fingerprint density at radius 1 is 1.18 bits per heavy atom. The first-order valence-electron chi connectivity index (χ1n) is 6.68. The highest BCUT2D eigenvalue weighted by Gasteiger charge is 2.04. The van der Waals surface area contributed by atoms with Crippen molar-refractivity contribution in [3.8, 4) is 5.75 Å². The zero-order valence-corrected chi connectivity index (χ0v) is 12.3. The fourth-order valence-electron chi connectivity index (χ4n) is 1.59. The molecule has 1 aromatic carbocycles. The summed E-state index contributed by atoms with van der Waals surface area (Å²) < 4.78 is 9.62. The Balaban J connectivity index is 2.04. The van der Waals surface area contributed by atoms with E-state index in [1.54, 1.807) is 43.3 Å². The Labute approximate surface area is 127 Å². The molecule has 0 atom stereocenters. The molecule has 1 aromatic heterocycles. The minimum atomic E-state index is -0.740. The van der Waals surface area contributed by atoms with Gasteiger partial charge in [-0.15, -0.1) is 5.11 Å². The van der Waals surface area contributed by atoms with E-state index < -0.39 is 6.16 Å². The van der Waals surface area contributed by atoms with E-state index in [4.69, 9.17) is 10.5 Å². The van der Waals surface area contributed by atoms with Crippen LogP contribution in [0, 0.1) is 6.92 Å². The van der Waals surface area contributed by atoms with Gasteiger partial charge in [-0.25, -0.2) is 9.78 Å². The average molecular weight is 300 g/mol. The molecule has 0 aliphatic heterocycles. The lowest BCUT2D eigenvalue weighted by atomic mass is 10.3. The molecule has 0 bridgehead atoms. The van der Waals surface area contributed by atoms with Gasteiger partial charge in [0, 0.05) is 5.69 Å². The van der Waals surface area contributed by atoms with E-state index in [0.29, 0.717) is 22.9 Å². The summed E-state index contributed by atoms with van der Waals surface area (Å²) in [6.45, 7) is 3.81. The second-order valence-corrected chi connectivity index (χ2v) is 4.34. The number of benzene rings is 1. The summed E-state index contributed by atoms with van der Waals surface area (Å²) in [7, 11) is 0. The predicted octanol–water partition coefficient (Wildman–Crippen LogP) is 3.92. The molecule has 0 unspecified atom stereocenters. The van der Waals surface area contributed by atoms with Crippen molar-refractivity contribution in [3.05, 3.63) is 42.1 Å². The monoisotopic (exact) mass is 300 g/mol. The van der Waals surface area contributed by atoms with Gasteiger partial charge in [0.15, 0.2) is 5.82 Å². The molecule has 1 heterocycles. The molecule has 0 radical (unpaired) electrons. The van der Waals surface area contributed by atoms with Crippen molar-refractivity contribution in [3.63, 3.8) is 0 Å². The third-order valence-electron chi connectivity index (χ3n) is 2.61. The third-order valence-corrected chi connectivity index (χ3v) is 2.61. The average Bonchev–Trinajstić information content (AvgIpc) is 2.48. The van der Waals surface area contributed by atoms with Gasteiger partial charge >= 0.3 is 6.16 Å². The first-order valence-corrected chi connectivity index (χ1v) is 6.68. The van der Waals surface area contributed by atoms with Crippen molar-refractivity contribution in [1.82, 2.24) is 4.98 Å². The van der Waals surface area contributed by atoms with Gasteiger partial charge in [-0.3, -0.25) is 0 Å². The van der Waals surface area contributed by atoms with Gasteiger partial charge in [0.05, 0.1) is 12.3 Å². The van der Waals surface area contributed by atoms with Crippen LogP contribution in [0.3, 0.4) is 0 Å². The second-order valence-electron chi connectivity index (χ2n) is 4.34. The Kier molecular flexibility index (Phi) is 5.02. The molecule has 2 N–H and O–H groups in total. The van der Waals surface area contributed by atoms with Crippen molar-refractivity contribution in [2.24, 2.45) is 10.2 Å². The minimum absolute atomic E-state index is 0.261. The number of pyridine rings is 1. The highest BCUT2D eigenvalue weighted by Crippen LogP contribution is 2.24. The number of nitrogens with two attached hydrogens (primary N) is 1. The first-order chi connectivity index (χ1) is 10.6. The number of carbonyl (C=O) groups is 1. The van der Waals surface area contributed by atoms with Gasteiger partial charge in [0.1, 0.15) is 11.4 Å². The molecule has 2 rings (SSSR count). The maximum atomic E-state index is 11.2. The van der Waals surface area contributed by atoms with Crippen LogP contribution in [-0.4, -0.2) is 17.7 Å². The summed E-state index contributed by atoms with van der Waals surface area (Å²) in [5, 5.41) is 8.10. The number of azo groups is 1. The molecule has 0 amide bonds. The maximum Gasteiger partial charge on any atom is 0.513 e. The zero-order valence-electron chi connectivity index (χ0n) is 12.3. The molecule has 0 spiro atoms. The molecule has 0 fully saturated rings. The van der Waals surface area contributed by atoms with E-state index in [-0.39, 0.29) is 6.61 Å². The number of aryl methyl sites for hydroxylation is 1. The normalized spacial score (nSPS) is 10.6. The number of ether oxygens (including phenoxy) is 2. The summed E-state index contributed by atoms with van der Waals surface area (Å²) in [6, 6.07) is 10.1. The quantitative estimate of drug-likeness (QED) is 0.524. The van der Waals surface area contributed by atoms with Crippen LogP contribution < -0.4 is 10.5 Å². The number of carbonyl (C=O) groups excluding carboxylic acids is 1. The smallest absolute Gasteiger partial charge is 0.434 e. The van der Waals surface area contributed by atoms with Gasteiger partial charge < -0.3 is 15.2 Å². The van der Waals surface area contributed by atoms with E-state index >= 15 is 0 Å². The molecule has 0 aliphatic carbocycles.